The zero-order valence-corrected chi connectivity index (χ0v) is 9.71. The van der Waals surface area contributed by atoms with E-state index in [-0.39, 0.29) is 11.9 Å². The van der Waals surface area contributed by atoms with Crippen molar-refractivity contribution in [2.75, 3.05) is 13.1 Å². The summed E-state index contributed by atoms with van der Waals surface area (Å²) in [6.07, 6.45) is 1.11. The lowest BCUT2D eigenvalue weighted by molar-refractivity contribution is -0.131. The van der Waals surface area contributed by atoms with Gasteiger partial charge in [-0.2, -0.15) is 0 Å². The van der Waals surface area contributed by atoms with E-state index in [1.165, 1.54) is 0 Å². The molecule has 1 aliphatic rings. The number of hydrogen-bond acceptors (Lipinski definition) is 2. The molecule has 2 atom stereocenters. The molecule has 14 heavy (non-hydrogen) atoms. The summed E-state index contributed by atoms with van der Waals surface area (Å²) < 4.78 is 0. The summed E-state index contributed by atoms with van der Waals surface area (Å²) in [5.74, 6) is 0.710. The van der Waals surface area contributed by atoms with Crippen LogP contribution in [0.4, 0.5) is 0 Å². The van der Waals surface area contributed by atoms with Crippen LogP contribution < -0.4 is 5.73 Å². The molecule has 0 aliphatic carbocycles. The minimum Gasteiger partial charge on any atom is -0.341 e. The van der Waals surface area contributed by atoms with Crippen LogP contribution in [-0.4, -0.2) is 29.9 Å². The second-order valence-corrected chi connectivity index (χ2v) is 5.42. The molecule has 82 valence electrons. The predicted octanol–water partition coefficient (Wildman–Crippen LogP) is 1.23. The number of hydrogen-bond donors (Lipinski definition) is 1. The third-order valence-corrected chi connectivity index (χ3v) is 3.11. The van der Waals surface area contributed by atoms with Crippen LogP contribution in [-0.2, 0) is 4.79 Å². The standard InChI is InChI=1S/C11H22N2O/c1-8(12)10(14)13-6-5-9(7-13)11(2,3)4/h8-9H,5-7,12H2,1-4H3. The Labute approximate surface area is 86.6 Å². The van der Waals surface area contributed by atoms with Gasteiger partial charge in [0.2, 0.25) is 5.91 Å². The molecule has 1 fully saturated rings. The fourth-order valence-electron chi connectivity index (χ4n) is 1.96. The molecule has 3 heteroatoms. The Hall–Kier alpha value is -0.570. The van der Waals surface area contributed by atoms with E-state index in [0.29, 0.717) is 11.3 Å². The number of carbonyl (C=O) groups excluding carboxylic acids is 1. The molecular formula is C11H22N2O. The van der Waals surface area contributed by atoms with Gasteiger partial charge < -0.3 is 10.6 Å². The summed E-state index contributed by atoms with van der Waals surface area (Å²) in [5.41, 5.74) is 5.88. The predicted molar refractivity (Wildman–Crippen MR) is 57.8 cm³/mol. The number of amides is 1. The van der Waals surface area contributed by atoms with Crippen LogP contribution >= 0.6 is 0 Å². The highest BCUT2D eigenvalue weighted by molar-refractivity contribution is 5.81. The second-order valence-electron chi connectivity index (χ2n) is 5.42. The highest BCUT2D eigenvalue weighted by atomic mass is 16.2. The lowest BCUT2D eigenvalue weighted by Gasteiger charge is -2.27. The molecule has 0 saturated carbocycles. The van der Waals surface area contributed by atoms with Gasteiger partial charge in [-0.05, 0) is 24.7 Å². The summed E-state index contributed by atoms with van der Waals surface area (Å²) in [6.45, 7) is 10.2. The van der Waals surface area contributed by atoms with E-state index in [4.69, 9.17) is 5.73 Å². The summed E-state index contributed by atoms with van der Waals surface area (Å²) >= 11 is 0. The second kappa shape index (κ2) is 3.89. The number of carbonyl (C=O) groups is 1. The van der Waals surface area contributed by atoms with E-state index in [0.717, 1.165) is 19.5 Å². The average Bonchev–Trinajstić information content (AvgIpc) is 2.49. The van der Waals surface area contributed by atoms with Crippen molar-refractivity contribution in [1.82, 2.24) is 4.90 Å². The minimum atomic E-state index is -0.353. The molecule has 2 unspecified atom stereocenters. The normalized spacial score (nSPS) is 25.2. The Balaban J connectivity index is 2.54. The quantitative estimate of drug-likeness (QED) is 0.689. The van der Waals surface area contributed by atoms with Crippen molar-refractivity contribution >= 4 is 5.91 Å². The van der Waals surface area contributed by atoms with Gasteiger partial charge in [0.05, 0.1) is 6.04 Å². The number of nitrogens with two attached hydrogens (primary N) is 1. The Kier molecular flexibility index (Phi) is 3.20. The first-order valence-corrected chi connectivity index (χ1v) is 5.36. The van der Waals surface area contributed by atoms with E-state index < -0.39 is 0 Å². The molecule has 1 aliphatic heterocycles. The Morgan fingerprint density at radius 2 is 2.07 bits per heavy atom. The third kappa shape index (κ3) is 2.47. The lowest BCUT2D eigenvalue weighted by atomic mass is 9.80. The van der Waals surface area contributed by atoms with Gasteiger partial charge in [0.15, 0.2) is 0 Å². The molecular weight excluding hydrogens is 176 g/mol. The Bertz CT molecular complexity index is 218. The molecule has 2 N–H and O–H groups in total. The lowest BCUT2D eigenvalue weighted by Crippen LogP contribution is -2.41. The van der Waals surface area contributed by atoms with Crippen LogP contribution in [0.5, 0.6) is 0 Å². The van der Waals surface area contributed by atoms with Gasteiger partial charge in [0.25, 0.3) is 0 Å². The zero-order chi connectivity index (χ0) is 10.9. The SMILES string of the molecule is CC(N)C(=O)N1CCC(C(C)(C)C)C1. The molecule has 0 bridgehead atoms. The summed E-state index contributed by atoms with van der Waals surface area (Å²) in [4.78, 5) is 13.5. The van der Waals surface area contributed by atoms with Crippen LogP contribution in [0.25, 0.3) is 0 Å². The van der Waals surface area contributed by atoms with Gasteiger partial charge in [-0.25, -0.2) is 0 Å². The maximum Gasteiger partial charge on any atom is 0.239 e. The highest BCUT2D eigenvalue weighted by Crippen LogP contribution is 2.33. The molecule has 3 nitrogen and oxygen atoms in total. The highest BCUT2D eigenvalue weighted by Gasteiger charge is 2.34. The van der Waals surface area contributed by atoms with Gasteiger partial charge >= 0.3 is 0 Å². The Morgan fingerprint density at radius 1 is 1.50 bits per heavy atom. The van der Waals surface area contributed by atoms with Crippen molar-refractivity contribution in [1.29, 1.82) is 0 Å². The fraction of sp³-hybridized carbons (Fsp3) is 0.909. The van der Waals surface area contributed by atoms with Crippen LogP contribution in [0.15, 0.2) is 0 Å². The van der Waals surface area contributed by atoms with Crippen LogP contribution in [0.2, 0.25) is 0 Å². The molecule has 0 spiro atoms. The zero-order valence-electron chi connectivity index (χ0n) is 9.71. The van der Waals surface area contributed by atoms with Crippen molar-refractivity contribution in [2.24, 2.45) is 17.1 Å². The molecule has 0 radical (unpaired) electrons. The van der Waals surface area contributed by atoms with Crippen LogP contribution in [0, 0.1) is 11.3 Å². The summed E-state index contributed by atoms with van der Waals surface area (Å²) in [5, 5.41) is 0. The van der Waals surface area contributed by atoms with E-state index in [2.05, 4.69) is 20.8 Å². The van der Waals surface area contributed by atoms with Gasteiger partial charge in [-0.1, -0.05) is 20.8 Å². The Morgan fingerprint density at radius 3 is 2.43 bits per heavy atom. The first-order valence-electron chi connectivity index (χ1n) is 5.36. The number of likely N-dealkylation sites (tertiary alicyclic amines) is 1. The average molecular weight is 198 g/mol. The van der Waals surface area contributed by atoms with Crippen molar-refractivity contribution < 1.29 is 4.79 Å². The third-order valence-electron chi connectivity index (χ3n) is 3.11. The van der Waals surface area contributed by atoms with Gasteiger partial charge in [0.1, 0.15) is 0 Å². The molecule has 1 heterocycles. The van der Waals surface area contributed by atoms with Crippen LogP contribution in [0.1, 0.15) is 34.1 Å². The van der Waals surface area contributed by atoms with Crippen molar-refractivity contribution in [2.45, 2.75) is 40.2 Å². The largest absolute Gasteiger partial charge is 0.341 e. The molecule has 0 aromatic rings. The maximum absolute atomic E-state index is 11.6. The molecule has 0 aromatic heterocycles. The summed E-state index contributed by atoms with van der Waals surface area (Å²) in [6, 6.07) is -0.353. The maximum atomic E-state index is 11.6. The first-order chi connectivity index (χ1) is 6.32. The van der Waals surface area contributed by atoms with E-state index >= 15 is 0 Å². The number of nitrogens with zero attached hydrogens (tertiary/aromatic N) is 1. The minimum absolute atomic E-state index is 0.0942. The van der Waals surface area contributed by atoms with E-state index in [9.17, 15) is 4.79 Å². The molecule has 0 aromatic carbocycles. The smallest absolute Gasteiger partial charge is 0.239 e. The molecule has 1 rings (SSSR count). The van der Waals surface area contributed by atoms with Crippen molar-refractivity contribution in [3.63, 3.8) is 0 Å². The topological polar surface area (TPSA) is 46.3 Å². The molecule has 1 saturated heterocycles. The van der Waals surface area contributed by atoms with E-state index in [1.807, 2.05) is 4.90 Å². The van der Waals surface area contributed by atoms with Crippen molar-refractivity contribution in [3.05, 3.63) is 0 Å². The fourth-order valence-corrected chi connectivity index (χ4v) is 1.96. The van der Waals surface area contributed by atoms with Gasteiger partial charge in [-0.15, -0.1) is 0 Å². The van der Waals surface area contributed by atoms with E-state index in [1.54, 1.807) is 6.92 Å². The molecule has 1 amide bonds. The van der Waals surface area contributed by atoms with Gasteiger partial charge in [-0.3, -0.25) is 4.79 Å². The van der Waals surface area contributed by atoms with Crippen molar-refractivity contribution in [3.8, 4) is 0 Å². The summed E-state index contributed by atoms with van der Waals surface area (Å²) in [7, 11) is 0. The number of rotatable bonds is 1. The van der Waals surface area contributed by atoms with Crippen LogP contribution in [0.3, 0.4) is 0 Å². The first kappa shape index (κ1) is 11.5. The van der Waals surface area contributed by atoms with Gasteiger partial charge in [0, 0.05) is 13.1 Å². The monoisotopic (exact) mass is 198 g/mol.